The average Bonchev–Trinajstić information content (AvgIpc) is 2.64. The number of hydrogen-bond acceptors (Lipinski definition) is 3. The second kappa shape index (κ2) is 4.19. The number of hydrogen-bond donors (Lipinski definition) is 1. The molecule has 17 heavy (non-hydrogen) atoms. The first-order chi connectivity index (χ1) is 7.88. The van der Waals surface area contributed by atoms with Crippen molar-refractivity contribution in [2.24, 2.45) is 0 Å². The number of nitrogens with one attached hydrogen (secondary N) is 1. The van der Waals surface area contributed by atoms with Gasteiger partial charge in [0.1, 0.15) is 10.8 Å². The van der Waals surface area contributed by atoms with E-state index in [0.717, 1.165) is 23.5 Å². The van der Waals surface area contributed by atoms with Gasteiger partial charge < -0.3 is 0 Å². The fraction of sp³-hybridized carbons (Fsp3) is 0.111. The number of rotatable bonds is 1. The van der Waals surface area contributed by atoms with Crippen molar-refractivity contribution in [3.05, 3.63) is 33.5 Å². The quantitative estimate of drug-likeness (QED) is 0.631. The monoisotopic (exact) mass is 280 g/mol. The fourth-order valence-electron chi connectivity index (χ4n) is 1.23. The predicted molar refractivity (Wildman–Crippen MR) is 57.7 cm³/mol. The molecular formula is C9H4F4N2S2. The maximum Gasteiger partial charge on any atom is 0.419 e. The van der Waals surface area contributed by atoms with E-state index < -0.39 is 17.6 Å². The highest BCUT2D eigenvalue weighted by Crippen LogP contribution is 2.34. The summed E-state index contributed by atoms with van der Waals surface area (Å²) in [6, 6.07) is 2.71. The minimum atomic E-state index is -4.72. The van der Waals surface area contributed by atoms with Crippen LogP contribution in [0.4, 0.5) is 17.6 Å². The van der Waals surface area contributed by atoms with Crippen molar-refractivity contribution in [3.63, 3.8) is 0 Å². The van der Waals surface area contributed by atoms with Crippen LogP contribution in [0.15, 0.2) is 18.2 Å². The molecule has 0 amide bonds. The van der Waals surface area contributed by atoms with Crippen molar-refractivity contribution in [2.75, 3.05) is 0 Å². The first kappa shape index (κ1) is 12.2. The molecule has 2 aromatic rings. The SMILES string of the molecule is Fc1ccc(-c2n[nH]c(=S)s2)cc1C(F)(F)F. The molecule has 0 saturated heterocycles. The Kier molecular flexibility index (Phi) is 3.00. The lowest BCUT2D eigenvalue weighted by Gasteiger charge is -2.08. The van der Waals surface area contributed by atoms with Crippen LogP contribution in [0.3, 0.4) is 0 Å². The van der Waals surface area contributed by atoms with Crippen LogP contribution in [0.2, 0.25) is 0 Å². The van der Waals surface area contributed by atoms with Crippen LogP contribution in [0.5, 0.6) is 0 Å². The minimum absolute atomic E-state index is 0.177. The standard InChI is InChI=1S/C9H4F4N2S2/c10-6-2-1-4(3-5(6)9(11,12)13)7-14-15-8(16)17-7/h1-3H,(H,15,16). The Morgan fingerprint density at radius 3 is 2.53 bits per heavy atom. The predicted octanol–water partition coefficient (Wildman–Crippen LogP) is 4.03. The van der Waals surface area contributed by atoms with Crippen LogP contribution in [0.25, 0.3) is 10.6 Å². The summed E-state index contributed by atoms with van der Waals surface area (Å²) in [5.74, 6) is -1.31. The Morgan fingerprint density at radius 1 is 1.29 bits per heavy atom. The summed E-state index contributed by atoms with van der Waals surface area (Å²) < 4.78 is 50.8. The molecule has 1 N–H and O–H groups in total. The number of benzene rings is 1. The van der Waals surface area contributed by atoms with Crippen molar-refractivity contribution in [2.45, 2.75) is 6.18 Å². The fourth-order valence-corrected chi connectivity index (χ4v) is 2.11. The van der Waals surface area contributed by atoms with E-state index in [0.29, 0.717) is 8.96 Å². The van der Waals surface area contributed by atoms with Gasteiger partial charge in [0.2, 0.25) is 0 Å². The lowest BCUT2D eigenvalue weighted by molar-refractivity contribution is -0.139. The van der Waals surface area contributed by atoms with Gasteiger partial charge in [0.25, 0.3) is 0 Å². The molecule has 0 bridgehead atoms. The van der Waals surface area contributed by atoms with E-state index in [9.17, 15) is 17.6 Å². The van der Waals surface area contributed by atoms with Crippen LogP contribution in [-0.4, -0.2) is 10.2 Å². The number of halogens is 4. The number of nitrogens with zero attached hydrogens (tertiary/aromatic N) is 1. The van der Waals surface area contributed by atoms with Gasteiger partial charge in [-0.15, -0.1) is 0 Å². The molecule has 0 saturated carbocycles. The summed E-state index contributed by atoms with van der Waals surface area (Å²) in [7, 11) is 0. The molecule has 0 radical (unpaired) electrons. The number of aromatic amines is 1. The first-order valence-corrected chi connectivity index (χ1v) is 5.53. The van der Waals surface area contributed by atoms with E-state index in [2.05, 4.69) is 10.2 Å². The van der Waals surface area contributed by atoms with E-state index in [4.69, 9.17) is 12.2 Å². The Bertz CT molecular complexity index is 600. The Morgan fingerprint density at radius 2 is 2.00 bits per heavy atom. The van der Waals surface area contributed by atoms with Gasteiger partial charge in [0, 0.05) is 5.56 Å². The third kappa shape index (κ3) is 2.52. The topological polar surface area (TPSA) is 28.7 Å². The first-order valence-electron chi connectivity index (χ1n) is 4.30. The molecule has 0 aliphatic heterocycles. The summed E-state index contributed by atoms with van der Waals surface area (Å²) in [6.45, 7) is 0. The van der Waals surface area contributed by atoms with Crippen molar-refractivity contribution in [1.82, 2.24) is 10.2 Å². The Labute approximate surface area is 102 Å². The molecule has 0 aliphatic rings. The zero-order valence-corrected chi connectivity index (χ0v) is 9.64. The van der Waals surface area contributed by atoms with Crippen molar-refractivity contribution < 1.29 is 17.6 Å². The summed E-state index contributed by atoms with van der Waals surface area (Å²) in [5, 5.41) is 6.48. The maximum absolute atomic E-state index is 13.0. The third-order valence-corrected chi connectivity index (χ3v) is 3.10. The highest BCUT2D eigenvalue weighted by molar-refractivity contribution is 7.73. The zero-order chi connectivity index (χ0) is 12.6. The van der Waals surface area contributed by atoms with Gasteiger partial charge in [0.15, 0.2) is 3.95 Å². The second-order valence-electron chi connectivity index (χ2n) is 3.11. The van der Waals surface area contributed by atoms with Crippen LogP contribution < -0.4 is 0 Å². The molecule has 0 unspecified atom stereocenters. The normalized spacial score (nSPS) is 11.8. The van der Waals surface area contributed by atoms with Crippen LogP contribution in [-0.2, 0) is 6.18 Å². The lowest BCUT2D eigenvalue weighted by Crippen LogP contribution is -2.08. The largest absolute Gasteiger partial charge is 0.419 e. The van der Waals surface area contributed by atoms with E-state index in [1.165, 1.54) is 6.07 Å². The van der Waals surface area contributed by atoms with E-state index >= 15 is 0 Å². The Hall–Kier alpha value is -1.28. The molecule has 90 valence electrons. The molecule has 2 rings (SSSR count). The highest BCUT2D eigenvalue weighted by Gasteiger charge is 2.34. The van der Waals surface area contributed by atoms with E-state index in [1.807, 2.05) is 0 Å². The van der Waals surface area contributed by atoms with Gasteiger partial charge in [-0.1, -0.05) is 11.3 Å². The number of aromatic nitrogens is 2. The molecule has 0 atom stereocenters. The summed E-state index contributed by atoms with van der Waals surface area (Å²) >= 11 is 5.79. The summed E-state index contributed by atoms with van der Waals surface area (Å²) in [6.07, 6.45) is -4.72. The molecule has 1 heterocycles. The van der Waals surface area contributed by atoms with Crippen LogP contribution >= 0.6 is 23.6 Å². The number of H-pyrrole nitrogens is 1. The minimum Gasteiger partial charge on any atom is -0.258 e. The maximum atomic E-state index is 13.0. The van der Waals surface area contributed by atoms with E-state index in [-0.39, 0.29) is 5.56 Å². The molecule has 0 aliphatic carbocycles. The molecule has 8 heteroatoms. The number of alkyl halides is 3. The molecule has 2 nitrogen and oxygen atoms in total. The van der Waals surface area contributed by atoms with Gasteiger partial charge in [-0.2, -0.15) is 18.3 Å². The lowest BCUT2D eigenvalue weighted by atomic mass is 10.1. The van der Waals surface area contributed by atoms with Crippen molar-refractivity contribution in [3.8, 4) is 10.6 Å². The van der Waals surface area contributed by atoms with Crippen molar-refractivity contribution in [1.29, 1.82) is 0 Å². The highest BCUT2D eigenvalue weighted by atomic mass is 32.1. The summed E-state index contributed by atoms with van der Waals surface area (Å²) in [5.41, 5.74) is -1.13. The smallest absolute Gasteiger partial charge is 0.258 e. The van der Waals surface area contributed by atoms with Gasteiger partial charge in [-0.05, 0) is 30.4 Å². The van der Waals surface area contributed by atoms with E-state index in [1.54, 1.807) is 0 Å². The van der Waals surface area contributed by atoms with Gasteiger partial charge in [-0.25, -0.2) is 4.39 Å². The third-order valence-electron chi connectivity index (χ3n) is 1.96. The molecular weight excluding hydrogens is 276 g/mol. The molecule has 1 aromatic carbocycles. The average molecular weight is 280 g/mol. The summed E-state index contributed by atoms with van der Waals surface area (Å²) in [4.78, 5) is 0. The molecule has 1 aromatic heterocycles. The Balaban J connectivity index is 2.55. The molecule has 0 spiro atoms. The van der Waals surface area contributed by atoms with Gasteiger partial charge >= 0.3 is 6.18 Å². The second-order valence-corrected chi connectivity index (χ2v) is 4.78. The van der Waals surface area contributed by atoms with Gasteiger partial charge in [0.05, 0.1) is 5.56 Å². The van der Waals surface area contributed by atoms with Crippen LogP contribution in [0, 0.1) is 9.77 Å². The van der Waals surface area contributed by atoms with Crippen LogP contribution in [0.1, 0.15) is 5.56 Å². The van der Waals surface area contributed by atoms with Crippen molar-refractivity contribution >= 4 is 23.6 Å². The zero-order valence-electron chi connectivity index (χ0n) is 8.01. The van der Waals surface area contributed by atoms with Gasteiger partial charge in [-0.3, -0.25) is 5.10 Å². The molecule has 0 fully saturated rings.